The SMILES string of the molecule is C=COC(CCCC)COc1ncccn1. The van der Waals surface area contributed by atoms with E-state index in [1.54, 1.807) is 18.5 Å². The van der Waals surface area contributed by atoms with Gasteiger partial charge >= 0.3 is 6.01 Å². The van der Waals surface area contributed by atoms with Crippen molar-refractivity contribution in [2.45, 2.75) is 32.3 Å². The molecule has 1 unspecified atom stereocenters. The second kappa shape index (κ2) is 7.68. The average Bonchev–Trinajstić information content (AvgIpc) is 2.34. The van der Waals surface area contributed by atoms with E-state index in [-0.39, 0.29) is 6.10 Å². The number of hydrogen-bond donors (Lipinski definition) is 0. The first-order valence-corrected chi connectivity index (χ1v) is 5.53. The monoisotopic (exact) mass is 222 g/mol. The van der Waals surface area contributed by atoms with Crippen molar-refractivity contribution >= 4 is 0 Å². The summed E-state index contributed by atoms with van der Waals surface area (Å²) in [5.74, 6) is 0. The second-order valence-corrected chi connectivity index (χ2v) is 3.41. The summed E-state index contributed by atoms with van der Waals surface area (Å²) >= 11 is 0. The van der Waals surface area contributed by atoms with Crippen LogP contribution in [0.15, 0.2) is 31.3 Å². The first kappa shape index (κ1) is 12.5. The molecule has 0 saturated heterocycles. The molecule has 0 radical (unpaired) electrons. The Morgan fingerprint density at radius 1 is 1.44 bits per heavy atom. The molecule has 1 atom stereocenters. The zero-order valence-corrected chi connectivity index (χ0v) is 9.63. The molecular formula is C12H18N2O2. The topological polar surface area (TPSA) is 44.2 Å². The van der Waals surface area contributed by atoms with Gasteiger partial charge in [0.05, 0.1) is 6.26 Å². The van der Waals surface area contributed by atoms with Crippen LogP contribution in [0, 0.1) is 0 Å². The number of ether oxygens (including phenoxy) is 2. The first-order chi connectivity index (χ1) is 7.86. The van der Waals surface area contributed by atoms with E-state index in [1.165, 1.54) is 6.26 Å². The lowest BCUT2D eigenvalue weighted by molar-refractivity contribution is 0.0762. The molecule has 4 heteroatoms. The minimum absolute atomic E-state index is 0.0289. The molecular weight excluding hydrogens is 204 g/mol. The van der Waals surface area contributed by atoms with Gasteiger partial charge in [0, 0.05) is 12.4 Å². The van der Waals surface area contributed by atoms with Gasteiger partial charge in [-0.25, -0.2) is 9.97 Å². The highest BCUT2D eigenvalue weighted by Gasteiger charge is 2.09. The number of rotatable bonds is 8. The van der Waals surface area contributed by atoms with Crippen molar-refractivity contribution in [2.75, 3.05) is 6.61 Å². The Labute approximate surface area is 96.3 Å². The second-order valence-electron chi connectivity index (χ2n) is 3.41. The van der Waals surface area contributed by atoms with E-state index in [0.717, 1.165) is 19.3 Å². The highest BCUT2D eigenvalue weighted by Crippen LogP contribution is 2.07. The van der Waals surface area contributed by atoms with Gasteiger partial charge in [-0.1, -0.05) is 19.9 Å². The predicted molar refractivity (Wildman–Crippen MR) is 62.1 cm³/mol. The third kappa shape index (κ3) is 4.77. The Hall–Kier alpha value is -1.58. The van der Waals surface area contributed by atoms with Crippen molar-refractivity contribution in [2.24, 2.45) is 0 Å². The normalized spacial score (nSPS) is 11.8. The fourth-order valence-corrected chi connectivity index (χ4v) is 1.29. The number of hydrogen-bond acceptors (Lipinski definition) is 4. The molecule has 88 valence electrons. The molecule has 1 aromatic heterocycles. The fourth-order valence-electron chi connectivity index (χ4n) is 1.29. The minimum Gasteiger partial charge on any atom is -0.495 e. The Balaban J connectivity index is 2.34. The molecule has 0 fully saturated rings. The fraction of sp³-hybridized carbons (Fsp3) is 0.500. The molecule has 0 spiro atoms. The molecule has 0 N–H and O–H groups in total. The van der Waals surface area contributed by atoms with E-state index in [9.17, 15) is 0 Å². The molecule has 0 amide bonds. The molecule has 1 rings (SSSR count). The summed E-state index contributed by atoms with van der Waals surface area (Å²) in [6.07, 6.45) is 7.98. The van der Waals surface area contributed by atoms with Crippen LogP contribution in [0.5, 0.6) is 6.01 Å². The van der Waals surface area contributed by atoms with Gasteiger partial charge in [-0.05, 0) is 18.9 Å². The summed E-state index contributed by atoms with van der Waals surface area (Å²) in [5.41, 5.74) is 0. The Bertz CT molecular complexity index is 290. The van der Waals surface area contributed by atoms with Crippen LogP contribution in [0.3, 0.4) is 0 Å². The number of unbranched alkanes of at least 4 members (excludes halogenated alkanes) is 1. The summed E-state index contributed by atoms with van der Waals surface area (Å²) in [6.45, 7) is 6.15. The van der Waals surface area contributed by atoms with Gasteiger partial charge in [0.25, 0.3) is 0 Å². The Morgan fingerprint density at radius 3 is 2.81 bits per heavy atom. The van der Waals surface area contributed by atoms with E-state index < -0.39 is 0 Å². The van der Waals surface area contributed by atoms with Crippen molar-refractivity contribution in [3.63, 3.8) is 0 Å². The summed E-state index contributed by atoms with van der Waals surface area (Å²) in [4.78, 5) is 7.95. The Morgan fingerprint density at radius 2 is 2.19 bits per heavy atom. The average molecular weight is 222 g/mol. The molecule has 4 nitrogen and oxygen atoms in total. The molecule has 0 aliphatic heterocycles. The van der Waals surface area contributed by atoms with Gasteiger partial charge < -0.3 is 9.47 Å². The van der Waals surface area contributed by atoms with Crippen LogP contribution in [-0.2, 0) is 4.74 Å². The molecule has 1 heterocycles. The quantitative estimate of drug-likeness (QED) is 0.634. The van der Waals surface area contributed by atoms with Crippen LogP contribution in [0.2, 0.25) is 0 Å². The molecule has 0 bridgehead atoms. The minimum atomic E-state index is 0.0289. The maximum Gasteiger partial charge on any atom is 0.316 e. The van der Waals surface area contributed by atoms with Crippen LogP contribution in [0.25, 0.3) is 0 Å². The van der Waals surface area contributed by atoms with E-state index in [1.807, 2.05) is 0 Å². The maximum atomic E-state index is 5.42. The van der Waals surface area contributed by atoms with Gasteiger partial charge in [-0.3, -0.25) is 0 Å². The largest absolute Gasteiger partial charge is 0.495 e. The first-order valence-electron chi connectivity index (χ1n) is 5.53. The van der Waals surface area contributed by atoms with E-state index in [4.69, 9.17) is 9.47 Å². The molecule has 0 aliphatic rings. The van der Waals surface area contributed by atoms with Crippen LogP contribution in [0.4, 0.5) is 0 Å². The highest BCUT2D eigenvalue weighted by molar-refractivity contribution is 4.93. The third-order valence-corrected chi connectivity index (χ3v) is 2.11. The number of nitrogens with zero attached hydrogens (tertiary/aromatic N) is 2. The van der Waals surface area contributed by atoms with Crippen LogP contribution < -0.4 is 4.74 Å². The van der Waals surface area contributed by atoms with E-state index in [0.29, 0.717) is 12.6 Å². The van der Waals surface area contributed by atoms with Crippen LogP contribution in [-0.4, -0.2) is 22.7 Å². The lowest BCUT2D eigenvalue weighted by atomic mass is 10.2. The molecule has 0 saturated carbocycles. The van der Waals surface area contributed by atoms with Gasteiger partial charge in [0.1, 0.15) is 12.7 Å². The van der Waals surface area contributed by atoms with E-state index >= 15 is 0 Å². The zero-order valence-electron chi connectivity index (χ0n) is 9.63. The molecule has 0 aromatic carbocycles. The van der Waals surface area contributed by atoms with Gasteiger partial charge in [-0.15, -0.1) is 0 Å². The van der Waals surface area contributed by atoms with Crippen LogP contribution >= 0.6 is 0 Å². The smallest absolute Gasteiger partial charge is 0.316 e. The van der Waals surface area contributed by atoms with Crippen molar-refractivity contribution in [3.05, 3.63) is 31.3 Å². The van der Waals surface area contributed by atoms with E-state index in [2.05, 4.69) is 23.5 Å². The van der Waals surface area contributed by atoms with Crippen molar-refractivity contribution in [1.82, 2.24) is 9.97 Å². The summed E-state index contributed by atoms with van der Waals surface area (Å²) in [6, 6.07) is 2.14. The third-order valence-electron chi connectivity index (χ3n) is 2.11. The predicted octanol–water partition coefficient (Wildman–Crippen LogP) is 2.57. The van der Waals surface area contributed by atoms with Crippen LogP contribution in [0.1, 0.15) is 26.2 Å². The van der Waals surface area contributed by atoms with Gasteiger partial charge in [0.15, 0.2) is 0 Å². The lowest BCUT2D eigenvalue weighted by Gasteiger charge is -2.15. The zero-order chi connectivity index (χ0) is 11.6. The van der Waals surface area contributed by atoms with Gasteiger partial charge in [-0.2, -0.15) is 0 Å². The standard InChI is InChI=1S/C12H18N2O2/c1-3-5-7-11(15-4-2)10-16-12-13-8-6-9-14-12/h4,6,8-9,11H,2-3,5,7,10H2,1H3. The highest BCUT2D eigenvalue weighted by atomic mass is 16.5. The molecule has 1 aromatic rings. The molecule has 0 aliphatic carbocycles. The summed E-state index contributed by atoms with van der Waals surface area (Å²) < 4.78 is 10.8. The Kier molecular flexibility index (Phi) is 5.99. The van der Waals surface area contributed by atoms with Crippen molar-refractivity contribution in [1.29, 1.82) is 0 Å². The van der Waals surface area contributed by atoms with Crippen molar-refractivity contribution in [3.8, 4) is 6.01 Å². The molecule has 16 heavy (non-hydrogen) atoms. The van der Waals surface area contributed by atoms with Gasteiger partial charge in [0.2, 0.25) is 0 Å². The lowest BCUT2D eigenvalue weighted by Crippen LogP contribution is -2.20. The summed E-state index contributed by atoms with van der Waals surface area (Å²) in [5, 5.41) is 0. The number of aromatic nitrogens is 2. The van der Waals surface area contributed by atoms with Crippen molar-refractivity contribution < 1.29 is 9.47 Å². The summed E-state index contributed by atoms with van der Waals surface area (Å²) in [7, 11) is 0. The maximum absolute atomic E-state index is 5.42.